The van der Waals surface area contributed by atoms with Crippen molar-refractivity contribution in [2.75, 3.05) is 0 Å². The molecule has 3 N–H and O–H groups in total. The van der Waals surface area contributed by atoms with Crippen molar-refractivity contribution in [1.82, 2.24) is 0 Å². The van der Waals surface area contributed by atoms with Crippen LogP contribution in [0.3, 0.4) is 0 Å². The van der Waals surface area contributed by atoms with Gasteiger partial charge in [-0.3, -0.25) is 0 Å². The summed E-state index contributed by atoms with van der Waals surface area (Å²) in [5.74, 6) is -3.65. The summed E-state index contributed by atoms with van der Waals surface area (Å²) >= 11 is 0. The molecule has 0 saturated carbocycles. The first kappa shape index (κ1) is 22.5. The number of carbonyl (C=O) groups is 2. The summed E-state index contributed by atoms with van der Waals surface area (Å²) in [7, 11) is 0. The molecule has 12 heavy (non-hydrogen) atoms. The van der Waals surface area contributed by atoms with Crippen molar-refractivity contribution in [3.63, 3.8) is 0 Å². The maximum atomic E-state index is 9.10. The Balaban J connectivity index is -0.0000000185. The normalized spacial score (nSPS) is 5.67. The van der Waals surface area contributed by atoms with Gasteiger partial charge in [-0.25, -0.2) is 9.59 Å². The minimum atomic E-state index is -1.82. The summed E-state index contributed by atoms with van der Waals surface area (Å²) in [6.45, 7) is 0. The van der Waals surface area contributed by atoms with Crippen LogP contribution in [-0.4, -0.2) is 32.4 Å². The van der Waals surface area contributed by atoms with Crippen LogP contribution >= 0.6 is 0 Å². The Kier molecular flexibility index (Phi) is 24.3. The summed E-state index contributed by atoms with van der Waals surface area (Å²) in [5, 5.41) is 28.4. The van der Waals surface area contributed by atoms with Gasteiger partial charge in [0.05, 0.1) is 0 Å². The average molecular weight is 169 g/mol. The first-order valence-corrected chi connectivity index (χ1v) is 1.67. The van der Waals surface area contributed by atoms with E-state index in [9.17, 15) is 0 Å². The fraction of sp³-hybridized carbons (Fsp3) is 0. The van der Waals surface area contributed by atoms with E-state index < -0.39 is 17.0 Å². The van der Waals surface area contributed by atoms with Crippen LogP contribution in [0, 0.1) is 10.1 Å². The van der Waals surface area contributed by atoms with Gasteiger partial charge in [-0.15, -0.1) is 10.1 Å². The van der Waals surface area contributed by atoms with Crippen molar-refractivity contribution in [1.29, 1.82) is 0 Å². The Morgan fingerprint density at radius 3 is 1.25 bits per heavy atom. The summed E-state index contributed by atoms with van der Waals surface area (Å²) in [4.78, 5) is 26.6. The van der Waals surface area contributed by atoms with Crippen LogP contribution in [0.5, 0.6) is 0 Å². The summed E-state index contributed by atoms with van der Waals surface area (Å²) in [5.41, 5.74) is 0. The van der Waals surface area contributed by atoms with Crippen molar-refractivity contribution in [2.24, 2.45) is 0 Å². The first-order chi connectivity index (χ1) is 4.37. The quantitative estimate of drug-likeness (QED) is 0.142. The Morgan fingerprint density at radius 2 is 1.25 bits per heavy atom. The van der Waals surface area contributed by atoms with Gasteiger partial charge >= 0.3 is 49.7 Å². The molecule has 0 fully saturated rings. The Hall–Kier alpha value is -0.665. The van der Waals surface area contributed by atoms with Gasteiger partial charge in [0.1, 0.15) is 0 Å². The van der Waals surface area contributed by atoms with E-state index in [0.29, 0.717) is 0 Å². The van der Waals surface area contributed by atoms with Crippen molar-refractivity contribution in [3.05, 3.63) is 10.1 Å². The van der Waals surface area contributed by atoms with E-state index in [4.69, 9.17) is 35.1 Å². The third-order valence-electron chi connectivity index (χ3n) is 0.183. The first-order valence-electron chi connectivity index (χ1n) is 1.67. The van der Waals surface area contributed by atoms with Gasteiger partial charge in [-0.05, 0) is 0 Å². The molecule has 0 bridgehead atoms. The van der Waals surface area contributed by atoms with Gasteiger partial charge < -0.3 is 18.3 Å². The van der Waals surface area contributed by atoms with Gasteiger partial charge in [0.2, 0.25) is 0 Å². The molecule has 0 spiro atoms. The average Bonchev–Trinajstić information content (AvgIpc) is 1.63. The smallest absolute Gasteiger partial charge is 1.00 e. The van der Waals surface area contributed by atoms with Crippen molar-refractivity contribution < 1.29 is 70.7 Å². The van der Waals surface area contributed by atoms with Gasteiger partial charge in [0, 0.05) is 0 Å². The van der Waals surface area contributed by atoms with Crippen molar-refractivity contribution in [3.8, 4) is 0 Å². The number of hydrogen-bond donors (Lipinski definition) is 3. The predicted octanol–water partition coefficient (Wildman–Crippen LogP) is -6.96. The zero-order valence-corrected chi connectivity index (χ0v) is 6.42. The Morgan fingerprint density at radius 1 is 1.17 bits per heavy atom. The summed E-state index contributed by atoms with van der Waals surface area (Å²) in [6, 6.07) is 0. The molecule has 0 radical (unpaired) electrons. The molecule has 0 rings (SSSR count). The molecule has 0 heterocycles. The van der Waals surface area contributed by atoms with Gasteiger partial charge in [0.25, 0.3) is 5.09 Å². The molecule has 0 atom stereocenters. The fourth-order valence-corrected chi connectivity index (χ4v) is 0. The van der Waals surface area contributed by atoms with Crippen LogP contribution in [0.15, 0.2) is 0 Å². The second kappa shape index (κ2) is 13.0. The Bertz CT molecular complexity index is 150. The molecule has 0 aliphatic heterocycles. The van der Waals surface area contributed by atoms with Crippen LogP contribution in [0.4, 0.5) is 0 Å². The molecule has 0 amide bonds. The van der Waals surface area contributed by atoms with E-state index in [1.54, 1.807) is 0 Å². The van der Waals surface area contributed by atoms with E-state index in [1.165, 1.54) is 0 Å². The number of hydrogen-bond acceptors (Lipinski definition) is 4. The number of carboxylic acids is 2. The van der Waals surface area contributed by atoms with Crippen LogP contribution in [-0.2, 0) is 9.59 Å². The van der Waals surface area contributed by atoms with Crippen molar-refractivity contribution in [2.45, 2.75) is 0 Å². The second-order valence-corrected chi connectivity index (χ2v) is 0.848. The van der Waals surface area contributed by atoms with E-state index in [0.717, 1.165) is 0 Å². The maximum Gasteiger partial charge on any atom is 1.00 e. The number of aliphatic carboxylic acids is 2. The van der Waals surface area contributed by atoms with E-state index in [2.05, 4.69) is 0 Å². The zero-order valence-electron chi connectivity index (χ0n) is 8.42. The molecule has 0 unspecified atom stereocenters. The number of carboxylic acid groups (broad SMARTS) is 2. The molecule has 0 aromatic heterocycles. The predicted molar refractivity (Wildman–Crippen MR) is 26.3 cm³/mol. The maximum absolute atomic E-state index is 9.10. The standard InChI is InChI=1S/C2H2O4.2Li.HNO3.2H/c3-1(4)2(5)6;;;2-1(3)4;;/h(H,3,4)(H,5,6);;;(H,2,3,4);;/q;2*+1;;2*-1. The van der Waals surface area contributed by atoms with Gasteiger partial charge in [-0.1, -0.05) is 0 Å². The fourth-order valence-electron chi connectivity index (χ4n) is 0. The summed E-state index contributed by atoms with van der Waals surface area (Å²) < 4.78 is 0. The van der Waals surface area contributed by atoms with Crippen LogP contribution in [0.1, 0.15) is 2.85 Å². The van der Waals surface area contributed by atoms with E-state index in [-0.39, 0.29) is 40.6 Å². The molecule has 0 saturated heterocycles. The minimum Gasteiger partial charge on any atom is -1.00 e. The number of rotatable bonds is 0. The van der Waals surface area contributed by atoms with Gasteiger partial charge in [-0.2, -0.15) is 0 Å². The summed E-state index contributed by atoms with van der Waals surface area (Å²) in [6.07, 6.45) is 0. The molecule has 0 aromatic carbocycles. The van der Waals surface area contributed by atoms with Crippen LogP contribution < -0.4 is 37.7 Å². The molecule has 0 aliphatic rings. The van der Waals surface area contributed by atoms with Crippen LogP contribution in [0.25, 0.3) is 0 Å². The molecule has 0 aliphatic carbocycles. The molecule has 10 heteroatoms. The molecule has 0 aromatic rings. The minimum absolute atomic E-state index is 0. The SMILES string of the molecule is O=C(O)C(=O)O.O=[N+]([O-])O.[H-].[H-].[Li+].[Li+]. The van der Waals surface area contributed by atoms with Crippen molar-refractivity contribution >= 4 is 11.9 Å². The third kappa shape index (κ3) is 58.3. The molecule has 62 valence electrons. The monoisotopic (exact) mass is 169 g/mol. The molecular weight excluding hydrogens is 164 g/mol. The second-order valence-electron chi connectivity index (χ2n) is 0.848. The van der Waals surface area contributed by atoms with Gasteiger partial charge in [0.15, 0.2) is 0 Å². The molecular formula is C2H5Li2NO7. The van der Waals surface area contributed by atoms with E-state index in [1.807, 2.05) is 0 Å². The number of nitrogens with zero attached hydrogens (tertiary/aromatic N) is 1. The van der Waals surface area contributed by atoms with E-state index >= 15 is 0 Å². The third-order valence-corrected chi connectivity index (χ3v) is 0.183. The largest absolute Gasteiger partial charge is 1.00 e. The molecule has 8 nitrogen and oxygen atoms in total. The van der Waals surface area contributed by atoms with Crippen LogP contribution in [0.2, 0.25) is 0 Å². The zero-order chi connectivity index (χ0) is 8.73. The topological polar surface area (TPSA) is 138 Å². The Labute approximate surface area is 93.0 Å².